The Morgan fingerprint density at radius 2 is 2.06 bits per heavy atom. The van der Waals surface area contributed by atoms with Crippen LogP contribution in [0.4, 0.5) is 0 Å². The first kappa shape index (κ1) is 12.2. The number of carboxylic acid groups (broad SMARTS) is 1. The van der Waals surface area contributed by atoms with Gasteiger partial charge < -0.3 is 5.11 Å². The van der Waals surface area contributed by atoms with Crippen LogP contribution >= 0.6 is 0 Å². The third-order valence-electron chi connectivity index (χ3n) is 2.86. The van der Waals surface area contributed by atoms with Crippen LogP contribution in [-0.4, -0.2) is 39.3 Å². The van der Waals surface area contributed by atoms with Gasteiger partial charge in [0.1, 0.15) is 6.54 Å². The molecule has 1 aromatic rings. The molecule has 6 heteroatoms. The summed E-state index contributed by atoms with van der Waals surface area (Å²) in [6, 6.07) is 3.55. The third-order valence-corrected chi connectivity index (χ3v) is 2.86. The fourth-order valence-corrected chi connectivity index (χ4v) is 2.02. The van der Waals surface area contributed by atoms with E-state index in [2.05, 4.69) is 4.98 Å². The largest absolute Gasteiger partial charge is 0.480 e. The SMILES string of the molecule is O=C(O)CN1C(=O)CC(Cc2ccncc2)C1=O. The molecule has 1 saturated heterocycles. The Balaban J connectivity index is 2.06. The molecule has 0 aliphatic carbocycles. The zero-order chi connectivity index (χ0) is 13.1. The fraction of sp³-hybridized carbons (Fsp3) is 0.333. The van der Waals surface area contributed by atoms with Crippen LogP contribution in [0.3, 0.4) is 0 Å². The summed E-state index contributed by atoms with van der Waals surface area (Å²) in [5.74, 6) is -2.46. The molecule has 6 nitrogen and oxygen atoms in total. The maximum atomic E-state index is 11.9. The highest BCUT2D eigenvalue weighted by molar-refractivity contribution is 6.05. The molecule has 0 bridgehead atoms. The van der Waals surface area contributed by atoms with Crippen molar-refractivity contribution in [1.29, 1.82) is 0 Å². The molecule has 1 atom stereocenters. The molecule has 1 aliphatic heterocycles. The van der Waals surface area contributed by atoms with Crippen molar-refractivity contribution in [3.8, 4) is 0 Å². The Morgan fingerprint density at radius 1 is 1.39 bits per heavy atom. The van der Waals surface area contributed by atoms with Gasteiger partial charge in [0, 0.05) is 18.8 Å². The predicted molar refractivity (Wildman–Crippen MR) is 60.4 cm³/mol. The summed E-state index contributed by atoms with van der Waals surface area (Å²) in [4.78, 5) is 38.7. The van der Waals surface area contributed by atoms with Crippen LogP contribution < -0.4 is 0 Å². The Labute approximate surface area is 103 Å². The molecule has 1 fully saturated rings. The van der Waals surface area contributed by atoms with Crippen LogP contribution in [0.15, 0.2) is 24.5 Å². The van der Waals surface area contributed by atoms with Crippen LogP contribution in [0.25, 0.3) is 0 Å². The average Bonchev–Trinajstić information content (AvgIpc) is 2.58. The van der Waals surface area contributed by atoms with Crippen molar-refractivity contribution in [2.24, 2.45) is 5.92 Å². The lowest BCUT2D eigenvalue weighted by Gasteiger charge is -2.11. The van der Waals surface area contributed by atoms with Gasteiger partial charge in [-0.3, -0.25) is 24.3 Å². The molecule has 2 amide bonds. The van der Waals surface area contributed by atoms with Crippen molar-refractivity contribution in [1.82, 2.24) is 9.88 Å². The lowest BCUT2D eigenvalue weighted by Crippen LogP contribution is -2.35. The molecule has 0 aromatic carbocycles. The Hall–Kier alpha value is -2.24. The highest BCUT2D eigenvalue weighted by atomic mass is 16.4. The summed E-state index contributed by atoms with van der Waals surface area (Å²) >= 11 is 0. The molecule has 18 heavy (non-hydrogen) atoms. The number of rotatable bonds is 4. The van der Waals surface area contributed by atoms with E-state index in [0.29, 0.717) is 6.42 Å². The minimum atomic E-state index is -1.18. The maximum absolute atomic E-state index is 11.9. The number of aliphatic carboxylic acids is 1. The zero-order valence-electron chi connectivity index (χ0n) is 9.57. The van der Waals surface area contributed by atoms with Gasteiger partial charge in [-0.2, -0.15) is 0 Å². The van der Waals surface area contributed by atoms with Crippen molar-refractivity contribution >= 4 is 17.8 Å². The maximum Gasteiger partial charge on any atom is 0.323 e. The molecule has 1 unspecified atom stereocenters. The number of hydrogen-bond acceptors (Lipinski definition) is 4. The van der Waals surface area contributed by atoms with Gasteiger partial charge in [-0.15, -0.1) is 0 Å². The topological polar surface area (TPSA) is 87.6 Å². The Morgan fingerprint density at radius 3 is 2.67 bits per heavy atom. The molecule has 2 rings (SSSR count). The summed E-state index contributed by atoms with van der Waals surface area (Å²) in [5.41, 5.74) is 0.910. The molecular formula is C12H12N2O4. The van der Waals surface area contributed by atoms with E-state index in [1.165, 1.54) is 0 Å². The van der Waals surface area contributed by atoms with Crippen molar-refractivity contribution < 1.29 is 19.5 Å². The fourth-order valence-electron chi connectivity index (χ4n) is 2.02. The summed E-state index contributed by atoms with van der Waals surface area (Å²) in [6.07, 6.45) is 3.74. The van der Waals surface area contributed by atoms with E-state index >= 15 is 0 Å². The Bertz CT molecular complexity index is 486. The van der Waals surface area contributed by atoms with Gasteiger partial charge in [0.05, 0.1) is 5.92 Å². The number of amides is 2. The van der Waals surface area contributed by atoms with E-state index in [-0.39, 0.29) is 6.42 Å². The number of carbonyl (C=O) groups is 3. The van der Waals surface area contributed by atoms with E-state index in [0.717, 1.165) is 10.5 Å². The van der Waals surface area contributed by atoms with Gasteiger partial charge in [0.25, 0.3) is 0 Å². The number of likely N-dealkylation sites (tertiary alicyclic amines) is 1. The van der Waals surface area contributed by atoms with Gasteiger partial charge in [-0.25, -0.2) is 0 Å². The number of carboxylic acids is 1. The number of imide groups is 1. The number of carbonyl (C=O) groups excluding carboxylic acids is 2. The molecule has 2 heterocycles. The first-order valence-electron chi connectivity index (χ1n) is 5.53. The van der Waals surface area contributed by atoms with Crippen molar-refractivity contribution in [3.63, 3.8) is 0 Å². The summed E-state index contributed by atoms with van der Waals surface area (Å²) < 4.78 is 0. The highest BCUT2D eigenvalue weighted by Crippen LogP contribution is 2.23. The van der Waals surface area contributed by atoms with E-state index in [1.807, 2.05) is 0 Å². The van der Waals surface area contributed by atoms with Crippen LogP contribution in [0, 0.1) is 5.92 Å². The van der Waals surface area contributed by atoms with Crippen molar-refractivity contribution in [3.05, 3.63) is 30.1 Å². The lowest BCUT2D eigenvalue weighted by molar-refractivity contribution is -0.149. The molecule has 1 aromatic heterocycles. The van der Waals surface area contributed by atoms with Gasteiger partial charge >= 0.3 is 5.97 Å². The number of pyridine rings is 1. The monoisotopic (exact) mass is 248 g/mol. The summed E-state index contributed by atoms with van der Waals surface area (Å²) in [5, 5.41) is 8.63. The molecule has 1 N–H and O–H groups in total. The smallest absolute Gasteiger partial charge is 0.323 e. The zero-order valence-corrected chi connectivity index (χ0v) is 9.57. The summed E-state index contributed by atoms with van der Waals surface area (Å²) in [6.45, 7) is -0.551. The van der Waals surface area contributed by atoms with Crippen molar-refractivity contribution in [2.75, 3.05) is 6.54 Å². The normalized spacial score (nSPS) is 19.3. The van der Waals surface area contributed by atoms with E-state index in [9.17, 15) is 14.4 Å². The first-order chi connectivity index (χ1) is 8.58. The molecular weight excluding hydrogens is 236 g/mol. The minimum absolute atomic E-state index is 0.0778. The number of hydrogen-bond donors (Lipinski definition) is 1. The molecule has 0 saturated carbocycles. The number of aromatic nitrogens is 1. The minimum Gasteiger partial charge on any atom is -0.480 e. The second kappa shape index (κ2) is 4.95. The Kier molecular flexibility index (Phi) is 3.36. The van der Waals surface area contributed by atoms with Crippen molar-refractivity contribution in [2.45, 2.75) is 12.8 Å². The molecule has 1 aliphatic rings. The second-order valence-electron chi connectivity index (χ2n) is 4.17. The lowest BCUT2D eigenvalue weighted by atomic mass is 9.99. The second-order valence-corrected chi connectivity index (χ2v) is 4.17. The van der Waals surface area contributed by atoms with Gasteiger partial charge in [-0.05, 0) is 24.1 Å². The molecule has 0 spiro atoms. The van der Waals surface area contributed by atoms with Crippen LogP contribution in [-0.2, 0) is 20.8 Å². The van der Waals surface area contributed by atoms with Crippen LogP contribution in [0.2, 0.25) is 0 Å². The quantitative estimate of drug-likeness (QED) is 0.762. The van der Waals surface area contributed by atoms with Crippen LogP contribution in [0.5, 0.6) is 0 Å². The summed E-state index contributed by atoms with van der Waals surface area (Å²) in [7, 11) is 0. The highest BCUT2D eigenvalue weighted by Gasteiger charge is 2.39. The van der Waals surface area contributed by atoms with E-state index < -0.39 is 30.2 Å². The standard InChI is InChI=1S/C12H12N2O4/c15-10-6-9(5-8-1-3-13-4-2-8)12(18)14(10)7-11(16)17/h1-4,9H,5-7H2,(H,16,17). The number of nitrogens with zero attached hydrogens (tertiary/aromatic N) is 2. The first-order valence-corrected chi connectivity index (χ1v) is 5.53. The van der Waals surface area contributed by atoms with E-state index in [1.54, 1.807) is 24.5 Å². The molecule has 0 radical (unpaired) electrons. The van der Waals surface area contributed by atoms with Crippen LogP contribution in [0.1, 0.15) is 12.0 Å². The van der Waals surface area contributed by atoms with Gasteiger partial charge in [0.2, 0.25) is 11.8 Å². The third kappa shape index (κ3) is 2.53. The average molecular weight is 248 g/mol. The van der Waals surface area contributed by atoms with Gasteiger partial charge in [0.15, 0.2) is 0 Å². The van der Waals surface area contributed by atoms with E-state index in [4.69, 9.17) is 5.11 Å². The van der Waals surface area contributed by atoms with Gasteiger partial charge in [-0.1, -0.05) is 0 Å². The molecule has 94 valence electrons. The predicted octanol–water partition coefficient (Wildman–Crippen LogP) is 0.0838.